The Kier molecular flexibility index (Phi) is 5.10. The maximum absolute atomic E-state index is 10.4. The molecule has 0 saturated heterocycles. The van der Waals surface area contributed by atoms with Crippen LogP contribution in [0.2, 0.25) is 0 Å². The smallest absolute Gasteiger partial charge is 0.400 e. The van der Waals surface area contributed by atoms with Crippen LogP contribution < -0.4 is 5.73 Å². The van der Waals surface area contributed by atoms with Gasteiger partial charge in [-0.25, -0.2) is 0 Å². The van der Waals surface area contributed by atoms with Crippen molar-refractivity contribution in [1.29, 1.82) is 0 Å². The Morgan fingerprint density at radius 2 is 2.10 bits per heavy atom. The third-order valence-corrected chi connectivity index (χ3v) is 3.22. The minimum Gasteiger partial charge on any atom is -0.400 e. The molecule has 2 N–H and O–H groups in total. The first kappa shape index (κ1) is 14.8. The van der Waals surface area contributed by atoms with E-state index in [4.69, 9.17) is 10.2 Å². The molecule has 0 fully saturated rings. The highest BCUT2D eigenvalue weighted by molar-refractivity contribution is 8.13. The molecule has 0 atom stereocenters. The van der Waals surface area contributed by atoms with Crippen molar-refractivity contribution in [3.63, 3.8) is 0 Å². The highest BCUT2D eigenvalue weighted by Gasteiger charge is 2.09. The number of hydrogen-bond acceptors (Lipinski definition) is 6. The molecule has 21 heavy (non-hydrogen) atoms. The first-order chi connectivity index (χ1) is 10.1. The second-order valence-corrected chi connectivity index (χ2v) is 4.89. The number of nitrogens with two attached hydrogens (primary N) is 1. The molecule has 0 aliphatic rings. The van der Waals surface area contributed by atoms with Crippen molar-refractivity contribution in [2.45, 2.75) is 5.75 Å². The molecule has 0 aliphatic heterocycles. The number of benzene rings is 1. The van der Waals surface area contributed by atoms with Crippen LogP contribution in [0.1, 0.15) is 11.3 Å². The van der Waals surface area contributed by atoms with Gasteiger partial charge in [0.2, 0.25) is 0 Å². The number of furan rings is 1. The molecule has 0 radical (unpaired) electrons. The van der Waals surface area contributed by atoms with E-state index < -0.39 is 4.92 Å². The van der Waals surface area contributed by atoms with Crippen molar-refractivity contribution in [2.75, 3.05) is 0 Å². The van der Waals surface area contributed by atoms with Gasteiger partial charge in [0.15, 0.2) is 10.9 Å². The number of rotatable bonds is 5. The summed E-state index contributed by atoms with van der Waals surface area (Å²) in [5, 5.41) is 18.2. The fourth-order valence-corrected chi connectivity index (χ4v) is 2.02. The van der Waals surface area contributed by atoms with E-state index in [1.54, 1.807) is 0 Å². The quantitative estimate of drug-likeness (QED) is 0.395. The molecule has 0 aliphatic carbocycles. The van der Waals surface area contributed by atoms with Crippen molar-refractivity contribution in [2.24, 2.45) is 15.9 Å². The van der Waals surface area contributed by atoms with E-state index >= 15 is 0 Å². The normalized spacial score (nSPS) is 11.9. The second kappa shape index (κ2) is 7.25. The van der Waals surface area contributed by atoms with Crippen LogP contribution in [-0.4, -0.2) is 16.3 Å². The van der Waals surface area contributed by atoms with Gasteiger partial charge in [-0.15, -0.1) is 5.10 Å². The molecule has 1 aromatic carbocycles. The van der Waals surface area contributed by atoms with Crippen LogP contribution in [0.3, 0.4) is 0 Å². The van der Waals surface area contributed by atoms with Gasteiger partial charge in [0.25, 0.3) is 0 Å². The van der Waals surface area contributed by atoms with Crippen molar-refractivity contribution in [3.8, 4) is 0 Å². The average Bonchev–Trinajstić information content (AvgIpc) is 2.95. The minimum atomic E-state index is -0.620. The van der Waals surface area contributed by atoms with E-state index in [0.29, 0.717) is 10.9 Å². The molecular weight excluding hydrogens is 292 g/mol. The summed E-state index contributed by atoms with van der Waals surface area (Å²) in [6, 6.07) is 12.5. The summed E-state index contributed by atoms with van der Waals surface area (Å²) in [6.45, 7) is 0. The lowest BCUT2D eigenvalue weighted by Crippen LogP contribution is -2.05. The zero-order valence-electron chi connectivity index (χ0n) is 10.9. The Morgan fingerprint density at radius 1 is 1.33 bits per heavy atom. The molecule has 0 unspecified atom stereocenters. The summed E-state index contributed by atoms with van der Waals surface area (Å²) >= 11 is 1.35. The van der Waals surface area contributed by atoms with E-state index in [1.807, 2.05) is 30.3 Å². The van der Waals surface area contributed by atoms with Crippen LogP contribution in [0.25, 0.3) is 0 Å². The van der Waals surface area contributed by atoms with Gasteiger partial charge in [-0.05, 0) is 11.6 Å². The molecule has 0 bridgehead atoms. The number of nitrogens with zero attached hydrogens (tertiary/aromatic N) is 3. The molecule has 8 heteroatoms. The van der Waals surface area contributed by atoms with E-state index in [1.165, 1.54) is 30.1 Å². The largest absolute Gasteiger partial charge is 0.433 e. The summed E-state index contributed by atoms with van der Waals surface area (Å²) in [6.07, 6.45) is 1.27. The zero-order valence-corrected chi connectivity index (χ0v) is 11.7. The summed E-state index contributed by atoms with van der Waals surface area (Å²) in [4.78, 5) is 9.81. The Morgan fingerprint density at radius 3 is 2.76 bits per heavy atom. The highest BCUT2D eigenvalue weighted by Crippen LogP contribution is 2.14. The van der Waals surface area contributed by atoms with Crippen LogP contribution in [0.15, 0.2) is 57.1 Å². The van der Waals surface area contributed by atoms with Crippen molar-refractivity contribution in [3.05, 3.63) is 63.9 Å². The highest BCUT2D eigenvalue weighted by atomic mass is 32.2. The lowest BCUT2D eigenvalue weighted by Gasteiger charge is -1.98. The summed E-state index contributed by atoms with van der Waals surface area (Å²) < 4.78 is 4.89. The molecule has 1 aromatic heterocycles. The van der Waals surface area contributed by atoms with Gasteiger partial charge in [0.1, 0.15) is 4.92 Å². The average molecular weight is 304 g/mol. The molecule has 2 rings (SSSR count). The van der Waals surface area contributed by atoms with Crippen molar-refractivity contribution >= 4 is 29.0 Å². The molecular formula is C13H12N4O3S. The molecule has 108 valence electrons. The fourth-order valence-electron chi connectivity index (χ4n) is 1.41. The van der Waals surface area contributed by atoms with Gasteiger partial charge in [-0.1, -0.05) is 42.1 Å². The maximum atomic E-state index is 10.4. The predicted octanol–water partition coefficient (Wildman–Crippen LogP) is 2.77. The monoisotopic (exact) mass is 304 g/mol. The van der Waals surface area contributed by atoms with Crippen LogP contribution in [0, 0.1) is 10.1 Å². The lowest BCUT2D eigenvalue weighted by atomic mass is 10.2. The van der Waals surface area contributed by atoms with E-state index in [-0.39, 0.29) is 11.6 Å². The zero-order chi connectivity index (χ0) is 15.1. The van der Waals surface area contributed by atoms with Gasteiger partial charge in [0, 0.05) is 5.75 Å². The minimum absolute atomic E-state index is 0.242. The molecule has 0 spiro atoms. The van der Waals surface area contributed by atoms with Gasteiger partial charge in [-0.3, -0.25) is 10.1 Å². The molecule has 1 heterocycles. The van der Waals surface area contributed by atoms with Crippen LogP contribution in [0.5, 0.6) is 0 Å². The van der Waals surface area contributed by atoms with E-state index in [0.717, 1.165) is 5.56 Å². The van der Waals surface area contributed by atoms with E-state index in [9.17, 15) is 10.1 Å². The van der Waals surface area contributed by atoms with Gasteiger partial charge in [-0.2, -0.15) is 5.10 Å². The Hall–Kier alpha value is -2.61. The molecule has 2 aromatic rings. The van der Waals surface area contributed by atoms with Crippen LogP contribution >= 0.6 is 11.8 Å². The molecule has 0 amide bonds. The maximum Gasteiger partial charge on any atom is 0.433 e. The first-order valence-electron chi connectivity index (χ1n) is 5.92. The Labute approximate surface area is 124 Å². The van der Waals surface area contributed by atoms with Crippen molar-refractivity contribution < 1.29 is 9.34 Å². The van der Waals surface area contributed by atoms with Crippen LogP contribution in [0.4, 0.5) is 5.88 Å². The Balaban J connectivity index is 1.87. The van der Waals surface area contributed by atoms with Crippen LogP contribution in [-0.2, 0) is 5.75 Å². The first-order valence-corrected chi connectivity index (χ1v) is 6.91. The molecule has 7 nitrogen and oxygen atoms in total. The van der Waals surface area contributed by atoms with E-state index in [2.05, 4.69) is 10.2 Å². The standard InChI is InChI=1S/C13H12N4O3S/c14-13(21-9-10-4-2-1-3-5-10)16-15-8-11-6-7-12(20-11)17(18)19/h1-8H,9H2,(H2,14,16)/b15-8+. The predicted molar refractivity (Wildman–Crippen MR) is 82.3 cm³/mol. The number of thioether (sulfide) groups is 1. The number of hydrogen-bond donors (Lipinski definition) is 1. The summed E-state index contributed by atoms with van der Waals surface area (Å²) in [5.41, 5.74) is 6.83. The fraction of sp³-hybridized carbons (Fsp3) is 0.0769. The second-order valence-electron chi connectivity index (χ2n) is 3.89. The van der Waals surface area contributed by atoms with Gasteiger partial charge in [0.05, 0.1) is 12.3 Å². The van der Waals surface area contributed by atoms with Gasteiger partial charge < -0.3 is 10.2 Å². The lowest BCUT2D eigenvalue weighted by molar-refractivity contribution is -0.402. The number of amidine groups is 1. The third-order valence-electron chi connectivity index (χ3n) is 2.36. The van der Waals surface area contributed by atoms with Gasteiger partial charge >= 0.3 is 5.88 Å². The molecule has 0 saturated carbocycles. The summed E-state index contributed by atoms with van der Waals surface area (Å²) in [7, 11) is 0. The topological polar surface area (TPSA) is 107 Å². The third kappa shape index (κ3) is 4.77. The van der Waals surface area contributed by atoms with Crippen molar-refractivity contribution in [1.82, 2.24) is 0 Å². The number of nitro groups is 1. The summed E-state index contributed by atoms with van der Waals surface area (Å²) in [5.74, 6) is 0.593. The Bertz CT molecular complexity index is 667. The SMILES string of the molecule is N/C(=N\N=C\c1ccc([N+](=O)[O-])o1)SCc1ccccc1.